The average molecular weight is 235 g/mol. The number of benzene rings is 1. The van der Waals surface area contributed by atoms with Gasteiger partial charge in [0.1, 0.15) is 5.75 Å². The number of methoxy groups -OCH3 is 1. The zero-order valence-electron chi connectivity index (χ0n) is 9.43. The number of rotatable bonds is 1. The van der Waals surface area contributed by atoms with Gasteiger partial charge in [0.05, 0.1) is 31.0 Å². The molecule has 2 aliphatic rings. The summed E-state index contributed by atoms with van der Waals surface area (Å²) in [4.78, 5) is 11.4. The summed E-state index contributed by atoms with van der Waals surface area (Å²) >= 11 is 0. The number of nitrogens with one attached hydrogen (secondary N) is 1. The monoisotopic (exact) mass is 235 g/mol. The van der Waals surface area contributed by atoms with Gasteiger partial charge in [0.2, 0.25) is 6.29 Å². The number of carbonyl (C=O) groups excluding carboxylic acids is 1. The number of anilines is 1. The quantitative estimate of drug-likeness (QED) is 0.745. The third kappa shape index (κ3) is 1.72. The van der Waals surface area contributed by atoms with Gasteiger partial charge in [0.15, 0.2) is 0 Å². The molecular weight excluding hydrogens is 222 g/mol. The first-order valence-corrected chi connectivity index (χ1v) is 5.55. The van der Waals surface area contributed by atoms with Gasteiger partial charge >= 0.3 is 5.97 Å². The maximum atomic E-state index is 11.4. The fraction of sp³-hybridized carbons (Fsp3) is 0.417. The topological polar surface area (TPSA) is 56.8 Å². The number of hydrogen-bond acceptors (Lipinski definition) is 5. The van der Waals surface area contributed by atoms with Crippen molar-refractivity contribution in [3.05, 3.63) is 23.8 Å². The van der Waals surface area contributed by atoms with Crippen LogP contribution in [0.4, 0.5) is 5.69 Å². The van der Waals surface area contributed by atoms with Crippen LogP contribution in [-0.2, 0) is 9.47 Å². The summed E-state index contributed by atoms with van der Waals surface area (Å²) in [6.07, 6.45) is 0.693. The first kappa shape index (κ1) is 10.4. The standard InChI is InChI=1S/C12H13NO4/c1-15-11(14)7-2-3-10-9(6-7)13-8-4-5-16-12(8)17-10/h2-3,6,8,12-13H,4-5H2,1H3/t8-,12-/m0/s1. The normalized spacial score (nSPS) is 25.2. The van der Waals surface area contributed by atoms with Crippen LogP contribution in [0.3, 0.4) is 0 Å². The van der Waals surface area contributed by atoms with Gasteiger partial charge in [-0.25, -0.2) is 4.79 Å². The molecule has 0 saturated carbocycles. The summed E-state index contributed by atoms with van der Waals surface area (Å²) in [5.41, 5.74) is 1.33. The molecule has 0 amide bonds. The maximum Gasteiger partial charge on any atom is 0.337 e. The maximum absolute atomic E-state index is 11.4. The SMILES string of the molecule is COC(=O)c1ccc2c(c1)N[C@H]1CCO[C@H]1O2. The molecule has 17 heavy (non-hydrogen) atoms. The molecule has 1 aromatic rings. The Morgan fingerprint density at radius 2 is 2.41 bits per heavy atom. The molecule has 1 N–H and O–H groups in total. The van der Waals surface area contributed by atoms with Crippen molar-refractivity contribution in [3.8, 4) is 5.75 Å². The Kier molecular flexibility index (Phi) is 2.40. The van der Waals surface area contributed by atoms with Gasteiger partial charge < -0.3 is 19.5 Å². The third-order valence-corrected chi connectivity index (χ3v) is 3.02. The highest BCUT2D eigenvalue weighted by molar-refractivity contribution is 5.91. The molecule has 0 radical (unpaired) electrons. The van der Waals surface area contributed by atoms with Gasteiger partial charge in [0, 0.05) is 0 Å². The summed E-state index contributed by atoms with van der Waals surface area (Å²) in [6, 6.07) is 5.35. The molecule has 2 heterocycles. The first-order chi connectivity index (χ1) is 8.28. The molecule has 5 heteroatoms. The van der Waals surface area contributed by atoms with Crippen LogP contribution in [-0.4, -0.2) is 32.0 Å². The minimum atomic E-state index is -0.348. The van der Waals surface area contributed by atoms with Crippen LogP contribution >= 0.6 is 0 Å². The van der Waals surface area contributed by atoms with Crippen molar-refractivity contribution >= 4 is 11.7 Å². The molecule has 2 aliphatic heterocycles. The summed E-state index contributed by atoms with van der Waals surface area (Å²) in [6.45, 7) is 0.695. The molecule has 5 nitrogen and oxygen atoms in total. The number of fused-ring (bicyclic) bond motifs is 2. The first-order valence-electron chi connectivity index (χ1n) is 5.55. The predicted octanol–water partition coefficient (Wildman–Crippen LogP) is 1.39. The lowest BCUT2D eigenvalue weighted by molar-refractivity contribution is -0.0474. The van der Waals surface area contributed by atoms with Gasteiger partial charge in [-0.05, 0) is 24.6 Å². The molecule has 0 spiro atoms. The van der Waals surface area contributed by atoms with Crippen LogP contribution < -0.4 is 10.1 Å². The van der Waals surface area contributed by atoms with E-state index in [0.29, 0.717) is 17.9 Å². The summed E-state index contributed by atoms with van der Waals surface area (Å²) in [5, 5.41) is 3.32. The van der Waals surface area contributed by atoms with Crippen molar-refractivity contribution in [2.45, 2.75) is 18.8 Å². The van der Waals surface area contributed by atoms with E-state index < -0.39 is 0 Å². The van der Waals surface area contributed by atoms with E-state index in [9.17, 15) is 4.79 Å². The summed E-state index contributed by atoms with van der Waals surface area (Å²) in [7, 11) is 1.37. The zero-order chi connectivity index (χ0) is 11.8. The van der Waals surface area contributed by atoms with Crippen LogP contribution in [0.15, 0.2) is 18.2 Å². The molecule has 0 aromatic heterocycles. The van der Waals surface area contributed by atoms with Crippen molar-refractivity contribution in [3.63, 3.8) is 0 Å². The van der Waals surface area contributed by atoms with E-state index in [4.69, 9.17) is 9.47 Å². The number of carbonyl (C=O) groups is 1. The third-order valence-electron chi connectivity index (χ3n) is 3.02. The lowest BCUT2D eigenvalue weighted by Crippen LogP contribution is -2.37. The second-order valence-electron chi connectivity index (χ2n) is 4.10. The second kappa shape index (κ2) is 3.92. The summed E-state index contributed by atoms with van der Waals surface area (Å²) in [5.74, 6) is 0.361. The molecule has 3 rings (SSSR count). The molecule has 90 valence electrons. The van der Waals surface area contributed by atoms with Crippen LogP contribution in [0.25, 0.3) is 0 Å². The predicted molar refractivity (Wildman–Crippen MR) is 60.2 cm³/mol. The fourth-order valence-electron chi connectivity index (χ4n) is 2.14. The van der Waals surface area contributed by atoms with Crippen LogP contribution in [0, 0.1) is 0 Å². The average Bonchev–Trinajstić information content (AvgIpc) is 2.81. The Hall–Kier alpha value is -1.75. The Balaban J connectivity index is 1.91. The molecule has 1 aromatic carbocycles. The van der Waals surface area contributed by atoms with Crippen molar-refractivity contribution in [1.82, 2.24) is 0 Å². The lowest BCUT2D eigenvalue weighted by atomic mass is 10.1. The van der Waals surface area contributed by atoms with Gasteiger partial charge in [-0.1, -0.05) is 0 Å². The molecule has 0 bridgehead atoms. The van der Waals surface area contributed by atoms with E-state index in [1.54, 1.807) is 18.2 Å². The van der Waals surface area contributed by atoms with Crippen molar-refractivity contribution in [1.29, 1.82) is 0 Å². The fourth-order valence-corrected chi connectivity index (χ4v) is 2.14. The Labute approximate surface area is 98.7 Å². The van der Waals surface area contributed by atoms with E-state index >= 15 is 0 Å². The lowest BCUT2D eigenvalue weighted by Gasteiger charge is -2.29. The number of hydrogen-bond donors (Lipinski definition) is 1. The van der Waals surface area contributed by atoms with E-state index in [2.05, 4.69) is 10.1 Å². The van der Waals surface area contributed by atoms with Crippen LogP contribution in [0.2, 0.25) is 0 Å². The smallest absolute Gasteiger partial charge is 0.337 e. The van der Waals surface area contributed by atoms with Gasteiger partial charge in [-0.3, -0.25) is 0 Å². The highest BCUT2D eigenvalue weighted by Crippen LogP contribution is 2.35. The van der Waals surface area contributed by atoms with Crippen LogP contribution in [0.5, 0.6) is 5.75 Å². The van der Waals surface area contributed by atoms with E-state index in [1.165, 1.54) is 7.11 Å². The highest BCUT2D eigenvalue weighted by atomic mass is 16.7. The summed E-state index contributed by atoms with van der Waals surface area (Å²) < 4.78 is 15.8. The zero-order valence-corrected chi connectivity index (χ0v) is 9.43. The number of esters is 1. The molecule has 0 unspecified atom stereocenters. The molecule has 1 saturated heterocycles. The number of ether oxygens (including phenoxy) is 3. The Bertz CT molecular complexity index is 460. The van der Waals surface area contributed by atoms with Gasteiger partial charge in [-0.15, -0.1) is 0 Å². The van der Waals surface area contributed by atoms with E-state index in [-0.39, 0.29) is 18.3 Å². The molecule has 2 atom stereocenters. The van der Waals surface area contributed by atoms with E-state index in [0.717, 1.165) is 12.1 Å². The minimum Gasteiger partial charge on any atom is -0.465 e. The molecule has 1 fully saturated rings. The van der Waals surface area contributed by atoms with Gasteiger partial charge in [0.25, 0.3) is 0 Å². The molecular formula is C12H13NO4. The van der Waals surface area contributed by atoms with E-state index in [1.807, 2.05) is 0 Å². The van der Waals surface area contributed by atoms with Crippen molar-refractivity contribution < 1.29 is 19.0 Å². The van der Waals surface area contributed by atoms with Crippen molar-refractivity contribution in [2.24, 2.45) is 0 Å². The minimum absolute atomic E-state index is 0.162. The van der Waals surface area contributed by atoms with Gasteiger partial charge in [-0.2, -0.15) is 0 Å². The Morgan fingerprint density at radius 1 is 1.53 bits per heavy atom. The Morgan fingerprint density at radius 3 is 3.24 bits per heavy atom. The highest BCUT2D eigenvalue weighted by Gasteiger charge is 2.34. The van der Waals surface area contributed by atoms with Crippen molar-refractivity contribution in [2.75, 3.05) is 19.0 Å². The second-order valence-corrected chi connectivity index (χ2v) is 4.10. The molecule has 0 aliphatic carbocycles. The van der Waals surface area contributed by atoms with Crippen LogP contribution in [0.1, 0.15) is 16.8 Å². The largest absolute Gasteiger partial charge is 0.465 e.